The second-order valence-electron chi connectivity index (χ2n) is 8.25. The Morgan fingerprint density at radius 1 is 1.07 bits per heavy atom. The maximum Gasteiger partial charge on any atom is 0.254 e. The highest BCUT2D eigenvalue weighted by molar-refractivity contribution is 5.97. The van der Waals surface area contributed by atoms with Crippen LogP contribution in [0, 0.1) is 11.8 Å². The second-order valence-corrected chi connectivity index (χ2v) is 8.25. The van der Waals surface area contributed by atoms with Crippen LogP contribution in [-0.2, 0) is 0 Å². The molecule has 156 valence electrons. The van der Waals surface area contributed by atoms with Crippen LogP contribution in [0.2, 0.25) is 0 Å². The summed E-state index contributed by atoms with van der Waals surface area (Å²) in [6.07, 6.45) is 2.10. The first-order valence-electron chi connectivity index (χ1n) is 10.4. The summed E-state index contributed by atoms with van der Waals surface area (Å²) in [6, 6.07) is 14.9. The number of aliphatic hydroxyl groups is 1. The third kappa shape index (κ3) is 3.41. The van der Waals surface area contributed by atoms with Crippen molar-refractivity contribution >= 4 is 16.9 Å². The highest BCUT2D eigenvalue weighted by Gasteiger charge is 2.44. The fourth-order valence-corrected chi connectivity index (χ4v) is 4.83. The van der Waals surface area contributed by atoms with Crippen LogP contribution in [0.4, 0.5) is 0 Å². The number of methoxy groups -OCH3 is 1. The van der Waals surface area contributed by atoms with E-state index in [4.69, 9.17) is 13.9 Å². The molecule has 1 aliphatic heterocycles. The molecule has 0 spiro atoms. The highest BCUT2D eigenvalue weighted by atomic mass is 16.5. The summed E-state index contributed by atoms with van der Waals surface area (Å²) >= 11 is 0. The fourth-order valence-electron chi connectivity index (χ4n) is 4.83. The van der Waals surface area contributed by atoms with Crippen molar-refractivity contribution in [2.75, 3.05) is 20.2 Å². The van der Waals surface area contributed by atoms with Crippen molar-refractivity contribution in [1.29, 1.82) is 0 Å². The number of nitrogens with zero attached hydrogens (tertiary/aromatic N) is 1. The SMILES string of the molecule is COc1ccccc1O[C@@H]1C[C@@H]2CN(C(=O)c3ccc4ccoc4c3)C[C@@H]2C[C@H]1O. The molecule has 30 heavy (non-hydrogen) atoms. The summed E-state index contributed by atoms with van der Waals surface area (Å²) in [5.74, 6) is 1.90. The average molecular weight is 407 g/mol. The zero-order valence-corrected chi connectivity index (χ0v) is 16.9. The van der Waals surface area contributed by atoms with Crippen LogP contribution in [0.15, 0.2) is 59.2 Å². The molecule has 6 heteroatoms. The molecule has 1 amide bonds. The maximum absolute atomic E-state index is 13.1. The lowest BCUT2D eigenvalue weighted by atomic mass is 9.78. The molecule has 1 saturated heterocycles. The number of likely N-dealkylation sites (tertiary alicyclic amines) is 1. The van der Waals surface area contributed by atoms with Crippen LogP contribution in [0.5, 0.6) is 11.5 Å². The van der Waals surface area contributed by atoms with Crippen LogP contribution in [0.3, 0.4) is 0 Å². The molecule has 6 nitrogen and oxygen atoms in total. The first kappa shape index (κ1) is 19.0. The van der Waals surface area contributed by atoms with Crippen LogP contribution in [0.25, 0.3) is 11.0 Å². The molecule has 1 aromatic heterocycles. The van der Waals surface area contributed by atoms with Gasteiger partial charge < -0.3 is 23.9 Å². The van der Waals surface area contributed by atoms with Gasteiger partial charge in [0.2, 0.25) is 0 Å². The minimum absolute atomic E-state index is 0.0133. The first-order chi connectivity index (χ1) is 14.6. The molecule has 0 unspecified atom stereocenters. The average Bonchev–Trinajstić information content (AvgIpc) is 3.39. The molecule has 0 radical (unpaired) electrons. The van der Waals surface area contributed by atoms with Gasteiger partial charge in [-0.2, -0.15) is 0 Å². The van der Waals surface area contributed by atoms with Crippen LogP contribution >= 0.6 is 0 Å². The molecule has 5 rings (SSSR count). The van der Waals surface area contributed by atoms with Crippen LogP contribution in [-0.4, -0.2) is 48.3 Å². The second kappa shape index (κ2) is 7.69. The number of para-hydroxylation sites is 2. The largest absolute Gasteiger partial charge is 0.493 e. The summed E-state index contributed by atoms with van der Waals surface area (Å²) in [5.41, 5.74) is 1.36. The number of ether oxygens (including phenoxy) is 2. The maximum atomic E-state index is 13.1. The standard InChI is InChI=1S/C24H25NO5/c1-28-20-4-2-3-5-21(20)30-23-12-18-14-25(13-17(18)10-19(23)26)24(27)16-7-6-15-8-9-29-22(15)11-16/h2-9,11,17-19,23,26H,10,12-14H2,1H3/t17-,18+,19+,23+/m0/s1. The zero-order valence-electron chi connectivity index (χ0n) is 16.9. The number of aliphatic hydroxyl groups excluding tert-OH is 1. The van der Waals surface area contributed by atoms with Gasteiger partial charge in [0.15, 0.2) is 11.5 Å². The number of amides is 1. The number of hydrogen-bond donors (Lipinski definition) is 1. The van der Waals surface area contributed by atoms with Gasteiger partial charge in [0.1, 0.15) is 11.7 Å². The third-order valence-corrected chi connectivity index (χ3v) is 6.42. The Morgan fingerprint density at radius 3 is 2.63 bits per heavy atom. The molecule has 2 aliphatic rings. The van der Waals surface area contributed by atoms with E-state index in [1.165, 1.54) is 0 Å². The van der Waals surface area contributed by atoms with Crippen molar-refractivity contribution in [1.82, 2.24) is 4.90 Å². The number of fused-ring (bicyclic) bond motifs is 2. The number of furan rings is 1. The minimum atomic E-state index is -0.564. The molecule has 2 aromatic carbocycles. The fraction of sp³-hybridized carbons (Fsp3) is 0.375. The van der Waals surface area contributed by atoms with Crippen molar-refractivity contribution in [2.45, 2.75) is 25.0 Å². The summed E-state index contributed by atoms with van der Waals surface area (Å²) in [6.45, 7) is 1.34. The van der Waals surface area contributed by atoms with E-state index in [1.807, 2.05) is 53.4 Å². The van der Waals surface area contributed by atoms with E-state index in [1.54, 1.807) is 13.4 Å². The molecular formula is C24H25NO5. The van der Waals surface area contributed by atoms with Gasteiger partial charge in [-0.1, -0.05) is 18.2 Å². The molecule has 2 heterocycles. The number of rotatable bonds is 4. The molecule has 4 atom stereocenters. The molecular weight excluding hydrogens is 382 g/mol. The summed E-state index contributed by atoms with van der Waals surface area (Å²) in [7, 11) is 1.61. The topological polar surface area (TPSA) is 72.1 Å². The van der Waals surface area contributed by atoms with Gasteiger partial charge >= 0.3 is 0 Å². The quantitative estimate of drug-likeness (QED) is 0.714. The van der Waals surface area contributed by atoms with Gasteiger partial charge in [-0.05, 0) is 55.0 Å². The smallest absolute Gasteiger partial charge is 0.254 e. The molecule has 3 aromatic rings. The highest BCUT2D eigenvalue weighted by Crippen LogP contribution is 2.39. The van der Waals surface area contributed by atoms with E-state index in [9.17, 15) is 9.90 Å². The van der Waals surface area contributed by atoms with Gasteiger partial charge in [0, 0.05) is 24.0 Å². The Labute approximate surface area is 175 Å². The Kier molecular flexibility index (Phi) is 4.87. The number of carbonyl (C=O) groups is 1. The summed E-state index contributed by atoms with van der Waals surface area (Å²) < 4.78 is 16.9. The summed E-state index contributed by atoms with van der Waals surface area (Å²) in [5, 5.41) is 11.7. The van der Waals surface area contributed by atoms with Gasteiger partial charge in [-0.15, -0.1) is 0 Å². The first-order valence-corrected chi connectivity index (χ1v) is 10.4. The number of benzene rings is 2. The van der Waals surface area contributed by atoms with Gasteiger partial charge in [-0.3, -0.25) is 4.79 Å². The van der Waals surface area contributed by atoms with Gasteiger partial charge in [0.25, 0.3) is 5.91 Å². The number of carbonyl (C=O) groups excluding carboxylic acids is 1. The number of hydrogen-bond acceptors (Lipinski definition) is 5. The normalized spacial score (nSPS) is 25.9. The van der Waals surface area contributed by atoms with Crippen molar-refractivity contribution in [3.63, 3.8) is 0 Å². The van der Waals surface area contributed by atoms with Crippen molar-refractivity contribution in [3.05, 3.63) is 60.4 Å². The van der Waals surface area contributed by atoms with Crippen LogP contribution in [0.1, 0.15) is 23.2 Å². The predicted molar refractivity (Wildman–Crippen MR) is 112 cm³/mol. The molecule has 2 fully saturated rings. The minimum Gasteiger partial charge on any atom is -0.493 e. The third-order valence-electron chi connectivity index (χ3n) is 6.42. The monoisotopic (exact) mass is 407 g/mol. The Bertz CT molecular complexity index is 1060. The van der Waals surface area contributed by atoms with E-state index in [0.717, 1.165) is 11.0 Å². The Morgan fingerprint density at radius 2 is 1.83 bits per heavy atom. The lowest BCUT2D eigenvalue weighted by Crippen LogP contribution is -2.42. The van der Waals surface area contributed by atoms with E-state index in [-0.39, 0.29) is 17.9 Å². The van der Waals surface area contributed by atoms with E-state index >= 15 is 0 Å². The molecule has 0 bridgehead atoms. The Hall–Kier alpha value is -2.99. The molecule has 1 saturated carbocycles. The molecule has 1 aliphatic carbocycles. The Balaban J connectivity index is 1.28. The zero-order chi connectivity index (χ0) is 20.7. The van der Waals surface area contributed by atoms with Gasteiger partial charge in [-0.25, -0.2) is 0 Å². The van der Waals surface area contributed by atoms with E-state index in [2.05, 4.69) is 0 Å². The lowest BCUT2D eigenvalue weighted by Gasteiger charge is -2.35. The van der Waals surface area contributed by atoms with Crippen molar-refractivity contribution in [3.8, 4) is 11.5 Å². The van der Waals surface area contributed by atoms with E-state index < -0.39 is 6.10 Å². The lowest BCUT2D eigenvalue weighted by molar-refractivity contribution is -0.0240. The van der Waals surface area contributed by atoms with Crippen LogP contribution < -0.4 is 9.47 Å². The van der Waals surface area contributed by atoms with E-state index in [0.29, 0.717) is 48.9 Å². The molecule has 1 N–H and O–H groups in total. The predicted octanol–water partition coefficient (Wildman–Crippen LogP) is 3.73. The van der Waals surface area contributed by atoms with Crippen molar-refractivity contribution < 1.29 is 23.8 Å². The van der Waals surface area contributed by atoms with Gasteiger partial charge in [0.05, 0.1) is 19.5 Å². The van der Waals surface area contributed by atoms with Crippen molar-refractivity contribution in [2.24, 2.45) is 11.8 Å². The summed E-state index contributed by atoms with van der Waals surface area (Å²) in [4.78, 5) is 15.0.